The minimum atomic E-state index is -1.96. The third-order valence-electron chi connectivity index (χ3n) is 3.09. The Morgan fingerprint density at radius 1 is 1.38 bits per heavy atom. The summed E-state index contributed by atoms with van der Waals surface area (Å²) >= 11 is 0. The molecule has 0 spiro atoms. The highest BCUT2D eigenvalue weighted by atomic mass is 28.4. The van der Waals surface area contributed by atoms with Gasteiger partial charge in [0, 0.05) is 26.3 Å². The zero-order valence-corrected chi connectivity index (χ0v) is 10.2. The van der Waals surface area contributed by atoms with Gasteiger partial charge in [-0.2, -0.15) is 0 Å². The van der Waals surface area contributed by atoms with E-state index in [-0.39, 0.29) is 0 Å². The molecule has 1 aliphatic rings. The van der Waals surface area contributed by atoms with Crippen LogP contribution in [0.2, 0.25) is 6.04 Å². The van der Waals surface area contributed by atoms with Gasteiger partial charge in [0.15, 0.2) is 0 Å². The van der Waals surface area contributed by atoms with Crippen LogP contribution in [0.3, 0.4) is 0 Å². The quantitative estimate of drug-likeness (QED) is 0.649. The molecule has 1 aliphatic heterocycles. The van der Waals surface area contributed by atoms with Gasteiger partial charge in [-0.15, -0.1) is 0 Å². The summed E-state index contributed by atoms with van der Waals surface area (Å²) in [7, 11) is 1.62. The molecule has 0 aromatic heterocycles. The molecule has 0 radical (unpaired) electrons. The van der Waals surface area contributed by atoms with Crippen LogP contribution in [0.5, 0.6) is 0 Å². The molecule has 13 heavy (non-hydrogen) atoms. The lowest BCUT2D eigenvalue weighted by molar-refractivity contribution is 0.161. The highest BCUT2D eigenvalue weighted by Gasteiger charge is 2.48. The Morgan fingerprint density at radius 3 is 2.46 bits per heavy atom. The molecule has 4 heteroatoms. The second-order valence-corrected chi connectivity index (χ2v) is 6.99. The topological polar surface area (TPSA) is 21.7 Å². The zero-order chi connectivity index (χ0) is 9.90. The lowest BCUT2D eigenvalue weighted by Gasteiger charge is -2.35. The fraction of sp³-hybridized carbons (Fsp3) is 1.00. The largest absolute Gasteiger partial charge is 0.427 e. The van der Waals surface area contributed by atoms with Crippen molar-refractivity contribution in [2.45, 2.75) is 38.8 Å². The summed E-state index contributed by atoms with van der Waals surface area (Å²) in [6.45, 7) is 5.61. The van der Waals surface area contributed by atoms with Crippen LogP contribution in [0, 0.1) is 0 Å². The monoisotopic (exact) mass is 203 g/mol. The molecule has 1 fully saturated rings. The second kappa shape index (κ2) is 4.55. The molecule has 3 nitrogen and oxygen atoms in total. The van der Waals surface area contributed by atoms with Crippen molar-refractivity contribution >= 4 is 8.72 Å². The van der Waals surface area contributed by atoms with Crippen LogP contribution < -0.4 is 0 Å². The Bertz CT molecular complexity index is 162. The van der Waals surface area contributed by atoms with E-state index in [1.54, 1.807) is 14.2 Å². The fourth-order valence-electron chi connectivity index (χ4n) is 2.09. The molecule has 0 N–H and O–H groups in total. The highest BCUT2D eigenvalue weighted by Crippen LogP contribution is 2.29. The molecule has 1 saturated heterocycles. The minimum Gasteiger partial charge on any atom is -0.386 e. The van der Waals surface area contributed by atoms with Crippen LogP contribution in [0.1, 0.15) is 26.7 Å². The number of nitrogens with zero attached hydrogens (tertiary/aromatic N) is 1. The second-order valence-electron chi connectivity index (χ2n) is 3.68. The summed E-state index contributed by atoms with van der Waals surface area (Å²) in [6, 6.07) is 1.71. The van der Waals surface area contributed by atoms with Gasteiger partial charge in [0.25, 0.3) is 0 Å². The summed E-state index contributed by atoms with van der Waals surface area (Å²) in [5.41, 5.74) is 0. The molecule has 0 amide bonds. The van der Waals surface area contributed by atoms with Gasteiger partial charge in [-0.1, -0.05) is 13.8 Å². The normalized spacial score (nSPS) is 24.9. The van der Waals surface area contributed by atoms with E-state index in [1.807, 2.05) is 0 Å². The Labute approximate surface area is 82.3 Å². The molecule has 0 aromatic rings. The van der Waals surface area contributed by atoms with Gasteiger partial charge in [0.2, 0.25) is 0 Å². The van der Waals surface area contributed by atoms with Gasteiger partial charge in [-0.05, 0) is 19.4 Å². The van der Waals surface area contributed by atoms with Gasteiger partial charge in [-0.3, -0.25) is 4.57 Å². The molecule has 0 aromatic carbocycles. The molecule has 1 rings (SSSR count). The fourth-order valence-corrected chi connectivity index (χ4v) is 5.37. The van der Waals surface area contributed by atoms with Crippen molar-refractivity contribution in [1.29, 1.82) is 0 Å². The third kappa shape index (κ3) is 1.96. The predicted octanol–water partition coefficient (Wildman–Crippen LogP) is 1.72. The van der Waals surface area contributed by atoms with E-state index in [4.69, 9.17) is 8.85 Å². The van der Waals surface area contributed by atoms with E-state index in [1.165, 1.54) is 12.8 Å². The SMILES string of the molecule is CCC(C)N1CCC[Si]1(OC)OC. The summed E-state index contributed by atoms with van der Waals surface area (Å²) in [5.74, 6) is 0. The van der Waals surface area contributed by atoms with Crippen molar-refractivity contribution in [2.24, 2.45) is 0 Å². The van der Waals surface area contributed by atoms with Gasteiger partial charge in [-0.25, -0.2) is 0 Å². The number of hydrogen-bond acceptors (Lipinski definition) is 3. The first-order valence-corrected chi connectivity index (χ1v) is 7.04. The Kier molecular flexibility index (Phi) is 3.91. The van der Waals surface area contributed by atoms with Crippen molar-refractivity contribution in [2.75, 3.05) is 20.8 Å². The maximum absolute atomic E-state index is 5.63. The maximum atomic E-state index is 5.63. The lowest BCUT2D eigenvalue weighted by Crippen LogP contribution is -2.56. The molecule has 0 saturated carbocycles. The summed E-state index contributed by atoms with van der Waals surface area (Å²) < 4.78 is 13.7. The first kappa shape index (κ1) is 11.2. The Morgan fingerprint density at radius 2 is 2.00 bits per heavy atom. The van der Waals surface area contributed by atoms with Gasteiger partial charge in [0.1, 0.15) is 0 Å². The van der Waals surface area contributed by atoms with Crippen LogP contribution in [0.4, 0.5) is 0 Å². The molecule has 1 atom stereocenters. The first-order valence-electron chi connectivity index (χ1n) is 5.07. The van der Waals surface area contributed by atoms with Crippen molar-refractivity contribution in [3.05, 3.63) is 0 Å². The van der Waals surface area contributed by atoms with E-state index in [9.17, 15) is 0 Å². The van der Waals surface area contributed by atoms with Crippen LogP contribution in [-0.2, 0) is 8.85 Å². The number of hydrogen-bond donors (Lipinski definition) is 0. The first-order chi connectivity index (χ1) is 6.20. The summed E-state index contributed by atoms with van der Waals surface area (Å²) in [6.07, 6.45) is 2.39. The van der Waals surface area contributed by atoms with Gasteiger partial charge < -0.3 is 8.85 Å². The lowest BCUT2D eigenvalue weighted by atomic mass is 10.2. The molecular formula is C9H21NO2Si. The average Bonchev–Trinajstić information content (AvgIpc) is 2.60. The van der Waals surface area contributed by atoms with Gasteiger partial charge in [0.05, 0.1) is 0 Å². The summed E-state index contributed by atoms with van der Waals surface area (Å²) in [4.78, 5) is 0. The van der Waals surface area contributed by atoms with Crippen LogP contribution in [0.25, 0.3) is 0 Å². The minimum absolute atomic E-state index is 0.592. The van der Waals surface area contributed by atoms with Crippen LogP contribution in [-0.4, -0.2) is 40.1 Å². The van der Waals surface area contributed by atoms with E-state index >= 15 is 0 Å². The van der Waals surface area contributed by atoms with Crippen molar-refractivity contribution in [3.63, 3.8) is 0 Å². The number of rotatable bonds is 4. The molecule has 1 heterocycles. The standard InChI is InChI=1S/C9H21NO2Si/c1-5-9(2)10-7-6-8-13(10,11-3)12-4/h9H,5-8H2,1-4H3. The van der Waals surface area contributed by atoms with Gasteiger partial charge >= 0.3 is 8.72 Å². The smallest absolute Gasteiger partial charge is 0.386 e. The van der Waals surface area contributed by atoms with Crippen LogP contribution >= 0.6 is 0 Å². The average molecular weight is 203 g/mol. The Balaban J connectivity index is 2.71. The predicted molar refractivity (Wildman–Crippen MR) is 55.7 cm³/mol. The molecule has 1 unspecified atom stereocenters. The van der Waals surface area contributed by atoms with Crippen molar-refractivity contribution < 1.29 is 8.85 Å². The highest BCUT2D eigenvalue weighted by molar-refractivity contribution is 6.65. The van der Waals surface area contributed by atoms with Crippen LogP contribution in [0.15, 0.2) is 0 Å². The molecule has 0 bridgehead atoms. The zero-order valence-electron chi connectivity index (χ0n) is 9.17. The summed E-state index contributed by atoms with van der Waals surface area (Å²) in [5, 5.41) is 0. The van der Waals surface area contributed by atoms with E-state index in [0.29, 0.717) is 6.04 Å². The molecular weight excluding hydrogens is 182 g/mol. The molecule has 0 aliphatic carbocycles. The maximum Gasteiger partial charge on any atom is 0.427 e. The van der Waals surface area contributed by atoms with Crippen molar-refractivity contribution in [1.82, 2.24) is 4.57 Å². The van der Waals surface area contributed by atoms with E-state index < -0.39 is 8.72 Å². The van der Waals surface area contributed by atoms with E-state index in [0.717, 1.165) is 12.6 Å². The Hall–Kier alpha value is 0.0969. The molecule has 78 valence electrons. The van der Waals surface area contributed by atoms with E-state index in [2.05, 4.69) is 18.4 Å². The van der Waals surface area contributed by atoms with Crippen molar-refractivity contribution in [3.8, 4) is 0 Å². The third-order valence-corrected chi connectivity index (χ3v) is 6.89.